The lowest BCUT2D eigenvalue weighted by molar-refractivity contribution is -0.134. The summed E-state index contributed by atoms with van der Waals surface area (Å²) < 4.78 is 38.0. The van der Waals surface area contributed by atoms with Gasteiger partial charge in [0.05, 0.1) is 6.26 Å². The Morgan fingerprint density at radius 2 is 2.04 bits per heavy atom. The molecule has 1 saturated carbocycles. The van der Waals surface area contributed by atoms with Crippen LogP contribution >= 0.6 is 0 Å². The van der Waals surface area contributed by atoms with E-state index in [1.165, 1.54) is 12.1 Å². The Labute approximate surface area is 142 Å². The monoisotopic (exact) mass is 354 g/mol. The fourth-order valence-corrected chi connectivity index (χ4v) is 4.02. The van der Waals surface area contributed by atoms with Crippen LogP contribution in [0.15, 0.2) is 24.3 Å². The molecule has 0 radical (unpaired) electrons. The van der Waals surface area contributed by atoms with Gasteiger partial charge < -0.3 is 4.90 Å². The van der Waals surface area contributed by atoms with Crippen LogP contribution in [-0.2, 0) is 14.8 Å². The van der Waals surface area contributed by atoms with Crippen LogP contribution in [0.4, 0.5) is 4.39 Å². The van der Waals surface area contributed by atoms with Gasteiger partial charge in [-0.3, -0.25) is 4.79 Å². The van der Waals surface area contributed by atoms with E-state index in [1.807, 2.05) is 4.90 Å². The van der Waals surface area contributed by atoms with Crippen molar-refractivity contribution in [2.45, 2.75) is 25.2 Å². The Balaban J connectivity index is 1.55. The van der Waals surface area contributed by atoms with Crippen LogP contribution in [0.1, 0.15) is 30.7 Å². The van der Waals surface area contributed by atoms with Crippen molar-refractivity contribution in [3.63, 3.8) is 0 Å². The maximum Gasteiger partial charge on any atom is 0.226 e. The second-order valence-corrected chi connectivity index (χ2v) is 8.75. The van der Waals surface area contributed by atoms with Crippen LogP contribution in [0, 0.1) is 17.7 Å². The second kappa shape index (κ2) is 6.80. The minimum atomic E-state index is -3.20. The lowest BCUT2D eigenvalue weighted by atomic mass is 9.97. The number of amides is 1. The molecule has 1 aliphatic heterocycles. The van der Waals surface area contributed by atoms with Gasteiger partial charge in [-0.25, -0.2) is 17.5 Å². The largest absolute Gasteiger partial charge is 0.342 e. The van der Waals surface area contributed by atoms with E-state index >= 15 is 0 Å². The maximum absolute atomic E-state index is 13.0. The summed E-state index contributed by atoms with van der Waals surface area (Å²) in [6.07, 6.45) is 3.79. The maximum atomic E-state index is 13.0. The number of nitrogens with zero attached hydrogens (tertiary/aromatic N) is 1. The summed E-state index contributed by atoms with van der Waals surface area (Å²) in [4.78, 5) is 14.5. The third-order valence-electron chi connectivity index (χ3n) is 4.87. The number of hydrogen-bond acceptors (Lipinski definition) is 3. The second-order valence-electron chi connectivity index (χ2n) is 6.91. The van der Waals surface area contributed by atoms with Crippen molar-refractivity contribution in [3.05, 3.63) is 35.6 Å². The van der Waals surface area contributed by atoms with Crippen LogP contribution in [0.25, 0.3) is 0 Å². The average Bonchev–Trinajstić information content (AvgIpc) is 3.33. The highest BCUT2D eigenvalue weighted by Crippen LogP contribution is 2.48. The zero-order valence-corrected chi connectivity index (χ0v) is 14.6. The fraction of sp³-hybridized carbons (Fsp3) is 0.588. The van der Waals surface area contributed by atoms with Crippen molar-refractivity contribution in [1.82, 2.24) is 9.62 Å². The molecule has 0 spiro atoms. The SMILES string of the molecule is CS(=O)(=O)NCC1CCCN(C(=O)C2CC2c2ccc(F)cc2)C1. The van der Waals surface area contributed by atoms with E-state index in [2.05, 4.69) is 4.72 Å². The molecule has 5 nitrogen and oxygen atoms in total. The lowest BCUT2D eigenvalue weighted by Gasteiger charge is -2.33. The first kappa shape index (κ1) is 17.4. The van der Waals surface area contributed by atoms with Crippen LogP contribution < -0.4 is 4.72 Å². The van der Waals surface area contributed by atoms with Gasteiger partial charge in [0.15, 0.2) is 0 Å². The van der Waals surface area contributed by atoms with E-state index < -0.39 is 10.0 Å². The zero-order valence-electron chi connectivity index (χ0n) is 13.7. The van der Waals surface area contributed by atoms with E-state index in [9.17, 15) is 17.6 Å². The molecule has 3 atom stereocenters. The molecule has 1 heterocycles. The summed E-state index contributed by atoms with van der Waals surface area (Å²) in [5, 5.41) is 0. The van der Waals surface area contributed by atoms with Gasteiger partial charge in [0.2, 0.25) is 15.9 Å². The quantitative estimate of drug-likeness (QED) is 0.875. The lowest BCUT2D eigenvalue weighted by Crippen LogP contribution is -2.44. The number of likely N-dealkylation sites (tertiary alicyclic amines) is 1. The number of nitrogens with one attached hydrogen (secondary N) is 1. The molecule has 3 rings (SSSR count). The van der Waals surface area contributed by atoms with Crippen LogP contribution in [0.5, 0.6) is 0 Å². The summed E-state index contributed by atoms with van der Waals surface area (Å²) in [7, 11) is -3.20. The van der Waals surface area contributed by atoms with Crippen LogP contribution in [0.3, 0.4) is 0 Å². The Morgan fingerprint density at radius 3 is 2.71 bits per heavy atom. The summed E-state index contributed by atoms with van der Waals surface area (Å²) in [6, 6.07) is 6.37. The molecule has 2 fully saturated rings. The standard InChI is InChI=1S/C17H23FN2O3S/c1-24(22,23)19-10-12-3-2-8-20(11-12)17(21)16-9-15(16)13-4-6-14(18)7-5-13/h4-7,12,15-16,19H,2-3,8-11H2,1H3. The number of sulfonamides is 1. The minimum absolute atomic E-state index is 0.0166. The molecular weight excluding hydrogens is 331 g/mol. The average molecular weight is 354 g/mol. The minimum Gasteiger partial charge on any atom is -0.342 e. The Hall–Kier alpha value is -1.47. The first-order chi connectivity index (χ1) is 11.3. The first-order valence-electron chi connectivity index (χ1n) is 8.32. The van der Waals surface area contributed by atoms with Crippen molar-refractivity contribution >= 4 is 15.9 Å². The zero-order chi connectivity index (χ0) is 17.3. The van der Waals surface area contributed by atoms with E-state index in [0.717, 1.165) is 37.6 Å². The van der Waals surface area contributed by atoms with Gasteiger partial charge in [-0.2, -0.15) is 0 Å². The predicted molar refractivity (Wildman–Crippen MR) is 89.4 cm³/mol. The van der Waals surface area contributed by atoms with Gasteiger partial charge >= 0.3 is 0 Å². The van der Waals surface area contributed by atoms with Crippen LogP contribution in [0.2, 0.25) is 0 Å². The van der Waals surface area contributed by atoms with Gasteiger partial charge in [0.25, 0.3) is 0 Å². The molecule has 2 aliphatic rings. The molecule has 132 valence electrons. The third kappa shape index (κ3) is 4.33. The normalized spacial score (nSPS) is 27.1. The molecule has 1 saturated heterocycles. The molecule has 24 heavy (non-hydrogen) atoms. The number of halogens is 1. The number of piperidine rings is 1. The third-order valence-corrected chi connectivity index (χ3v) is 5.56. The Morgan fingerprint density at radius 1 is 1.33 bits per heavy atom. The van der Waals surface area contributed by atoms with E-state index in [4.69, 9.17) is 0 Å². The summed E-state index contributed by atoms with van der Waals surface area (Å²) >= 11 is 0. The van der Waals surface area contributed by atoms with Gasteiger partial charge in [0.1, 0.15) is 5.82 Å². The summed E-state index contributed by atoms with van der Waals surface area (Å²) in [5.41, 5.74) is 1.02. The molecule has 1 aliphatic carbocycles. The van der Waals surface area contributed by atoms with Gasteiger partial charge in [-0.15, -0.1) is 0 Å². The van der Waals surface area contributed by atoms with Crippen molar-refractivity contribution < 1.29 is 17.6 Å². The highest BCUT2D eigenvalue weighted by atomic mass is 32.2. The highest BCUT2D eigenvalue weighted by molar-refractivity contribution is 7.88. The highest BCUT2D eigenvalue weighted by Gasteiger charge is 2.46. The number of carbonyl (C=O) groups is 1. The van der Waals surface area contributed by atoms with Gasteiger partial charge in [-0.05, 0) is 48.8 Å². The number of carbonyl (C=O) groups excluding carboxylic acids is 1. The van der Waals surface area contributed by atoms with Crippen molar-refractivity contribution in [2.24, 2.45) is 11.8 Å². The predicted octanol–water partition coefficient (Wildman–Crippen LogP) is 1.72. The molecule has 1 aromatic rings. The van der Waals surface area contributed by atoms with Crippen molar-refractivity contribution in [1.29, 1.82) is 0 Å². The molecular formula is C17H23FN2O3S. The van der Waals surface area contributed by atoms with Gasteiger partial charge in [-0.1, -0.05) is 12.1 Å². The topological polar surface area (TPSA) is 66.5 Å². The molecule has 0 aromatic heterocycles. The van der Waals surface area contributed by atoms with Crippen LogP contribution in [-0.4, -0.2) is 45.1 Å². The molecule has 1 N–H and O–H groups in total. The molecule has 0 bridgehead atoms. The van der Waals surface area contributed by atoms with Gasteiger partial charge in [0, 0.05) is 25.6 Å². The van der Waals surface area contributed by atoms with E-state index in [0.29, 0.717) is 13.1 Å². The Bertz CT molecular complexity index is 705. The van der Waals surface area contributed by atoms with E-state index in [-0.39, 0.29) is 29.5 Å². The molecule has 1 amide bonds. The summed E-state index contributed by atoms with van der Waals surface area (Å²) in [6.45, 7) is 1.73. The smallest absolute Gasteiger partial charge is 0.226 e. The number of hydrogen-bond donors (Lipinski definition) is 1. The van der Waals surface area contributed by atoms with E-state index in [1.54, 1.807) is 12.1 Å². The van der Waals surface area contributed by atoms with Crippen molar-refractivity contribution in [2.75, 3.05) is 25.9 Å². The molecule has 1 aromatic carbocycles. The first-order valence-corrected chi connectivity index (χ1v) is 10.2. The Kier molecular flexibility index (Phi) is 4.92. The fourth-order valence-electron chi connectivity index (χ4n) is 3.48. The summed E-state index contributed by atoms with van der Waals surface area (Å²) in [5.74, 6) is 0.220. The molecule has 3 unspecified atom stereocenters. The van der Waals surface area contributed by atoms with Crippen molar-refractivity contribution in [3.8, 4) is 0 Å². The number of benzene rings is 1. The molecule has 7 heteroatoms. The number of rotatable bonds is 5.